The Labute approximate surface area is 127 Å². The van der Waals surface area contributed by atoms with Gasteiger partial charge in [0, 0.05) is 6.04 Å². The van der Waals surface area contributed by atoms with Gasteiger partial charge in [-0.15, -0.1) is 5.10 Å². The smallest absolute Gasteiger partial charge is 0.299 e. The highest BCUT2D eigenvalue weighted by atomic mass is 32.1. The van der Waals surface area contributed by atoms with Crippen LogP contribution in [0.15, 0.2) is 18.2 Å². The maximum atomic E-state index is 5.79. The van der Waals surface area contributed by atoms with Crippen LogP contribution in [-0.2, 0) is 6.54 Å². The number of benzene rings is 1. The van der Waals surface area contributed by atoms with Crippen LogP contribution in [0, 0.1) is 0 Å². The molecule has 0 radical (unpaired) electrons. The Balaban J connectivity index is 1.73. The van der Waals surface area contributed by atoms with Crippen LogP contribution >= 0.6 is 11.3 Å². The molecule has 0 atom stereocenters. The van der Waals surface area contributed by atoms with E-state index in [0.29, 0.717) is 28.5 Å². The first-order valence-corrected chi connectivity index (χ1v) is 7.56. The molecule has 3 rings (SSSR count). The van der Waals surface area contributed by atoms with Crippen LogP contribution in [0.5, 0.6) is 22.4 Å². The first-order valence-electron chi connectivity index (χ1n) is 6.74. The van der Waals surface area contributed by atoms with Gasteiger partial charge in [0.05, 0.1) is 20.8 Å². The van der Waals surface area contributed by atoms with E-state index in [1.807, 2.05) is 18.2 Å². The van der Waals surface area contributed by atoms with Gasteiger partial charge in [0.1, 0.15) is 5.01 Å². The van der Waals surface area contributed by atoms with Crippen molar-refractivity contribution in [1.82, 2.24) is 15.5 Å². The Morgan fingerprint density at radius 3 is 2.52 bits per heavy atom. The molecule has 1 aromatic carbocycles. The molecule has 0 amide bonds. The summed E-state index contributed by atoms with van der Waals surface area (Å²) >= 11 is 1.42. The molecule has 1 aliphatic carbocycles. The SMILES string of the molecule is COc1cccc(OC)c1Oc1nnc(CNC2CC2)s1. The van der Waals surface area contributed by atoms with Crippen molar-refractivity contribution in [3.63, 3.8) is 0 Å². The largest absolute Gasteiger partial charge is 0.493 e. The number of methoxy groups -OCH3 is 2. The first-order chi connectivity index (χ1) is 10.3. The van der Waals surface area contributed by atoms with E-state index in [2.05, 4.69) is 15.5 Å². The van der Waals surface area contributed by atoms with Gasteiger partial charge in [0.15, 0.2) is 11.5 Å². The standard InChI is InChI=1S/C14H17N3O3S/c1-18-10-4-3-5-11(19-2)13(10)20-14-17-16-12(21-14)8-15-9-6-7-9/h3-5,9,15H,6-8H2,1-2H3. The molecule has 0 unspecified atom stereocenters. The second-order valence-electron chi connectivity index (χ2n) is 4.71. The summed E-state index contributed by atoms with van der Waals surface area (Å²) < 4.78 is 16.4. The topological polar surface area (TPSA) is 65.5 Å². The van der Waals surface area contributed by atoms with Gasteiger partial charge >= 0.3 is 0 Å². The van der Waals surface area contributed by atoms with Crippen LogP contribution in [0.4, 0.5) is 0 Å². The lowest BCUT2D eigenvalue weighted by molar-refractivity contribution is 0.344. The van der Waals surface area contributed by atoms with E-state index in [1.165, 1.54) is 24.2 Å². The highest BCUT2D eigenvalue weighted by molar-refractivity contribution is 7.13. The molecule has 1 fully saturated rings. The normalized spacial score (nSPS) is 14.0. The van der Waals surface area contributed by atoms with Gasteiger partial charge in [-0.05, 0) is 25.0 Å². The number of hydrogen-bond acceptors (Lipinski definition) is 7. The first kappa shape index (κ1) is 14.1. The Bertz CT molecular complexity index is 591. The molecule has 0 saturated heterocycles. The van der Waals surface area contributed by atoms with E-state index in [1.54, 1.807) is 14.2 Å². The maximum absolute atomic E-state index is 5.79. The second kappa shape index (κ2) is 6.28. The van der Waals surface area contributed by atoms with E-state index < -0.39 is 0 Å². The van der Waals surface area contributed by atoms with E-state index in [0.717, 1.165) is 11.6 Å². The Hall–Kier alpha value is -1.86. The summed E-state index contributed by atoms with van der Waals surface area (Å²) in [4.78, 5) is 0. The van der Waals surface area contributed by atoms with Crippen molar-refractivity contribution in [3.8, 4) is 22.4 Å². The van der Waals surface area contributed by atoms with Gasteiger partial charge in [0.25, 0.3) is 5.19 Å². The Morgan fingerprint density at radius 2 is 1.90 bits per heavy atom. The van der Waals surface area contributed by atoms with Gasteiger partial charge in [-0.25, -0.2) is 0 Å². The van der Waals surface area contributed by atoms with Gasteiger partial charge in [-0.1, -0.05) is 22.5 Å². The lowest BCUT2D eigenvalue weighted by Gasteiger charge is -2.11. The van der Waals surface area contributed by atoms with Crippen LogP contribution in [0.25, 0.3) is 0 Å². The minimum absolute atomic E-state index is 0.477. The van der Waals surface area contributed by atoms with E-state index >= 15 is 0 Å². The summed E-state index contributed by atoms with van der Waals surface area (Å²) in [5, 5.41) is 13.0. The molecule has 1 aromatic heterocycles. The third-order valence-corrected chi connectivity index (χ3v) is 3.94. The molecule has 1 N–H and O–H groups in total. The zero-order valence-electron chi connectivity index (χ0n) is 12.0. The Morgan fingerprint density at radius 1 is 1.19 bits per heavy atom. The number of ether oxygens (including phenoxy) is 3. The highest BCUT2D eigenvalue weighted by Gasteiger charge is 2.21. The summed E-state index contributed by atoms with van der Waals surface area (Å²) in [7, 11) is 3.18. The van der Waals surface area contributed by atoms with Crippen molar-refractivity contribution >= 4 is 11.3 Å². The number of nitrogens with zero attached hydrogens (tertiary/aromatic N) is 2. The van der Waals surface area contributed by atoms with Crippen molar-refractivity contribution in [2.45, 2.75) is 25.4 Å². The second-order valence-corrected chi connectivity index (χ2v) is 5.74. The summed E-state index contributed by atoms with van der Waals surface area (Å²) in [6.07, 6.45) is 2.50. The van der Waals surface area contributed by atoms with Gasteiger partial charge in [-0.3, -0.25) is 0 Å². The van der Waals surface area contributed by atoms with Crippen LogP contribution in [0.2, 0.25) is 0 Å². The van der Waals surface area contributed by atoms with Gasteiger partial charge in [0.2, 0.25) is 5.75 Å². The minimum atomic E-state index is 0.477. The predicted octanol–water partition coefficient (Wildman–Crippen LogP) is 2.60. The number of nitrogens with one attached hydrogen (secondary N) is 1. The average molecular weight is 307 g/mol. The summed E-state index contributed by atoms with van der Waals surface area (Å²) in [5.74, 6) is 1.71. The molecule has 6 nitrogen and oxygen atoms in total. The van der Waals surface area contributed by atoms with Crippen molar-refractivity contribution in [2.75, 3.05) is 14.2 Å². The molecular weight excluding hydrogens is 290 g/mol. The van der Waals surface area contributed by atoms with E-state index in [9.17, 15) is 0 Å². The van der Waals surface area contributed by atoms with Gasteiger partial charge < -0.3 is 19.5 Å². The predicted molar refractivity (Wildman–Crippen MR) is 79.4 cm³/mol. The Kier molecular flexibility index (Phi) is 4.21. The monoisotopic (exact) mass is 307 g/mol. The highest BCUT2D eigenvalue weighted by Crippen LogP contribution is 2.40. The number of para-hydroxylation sites is 1. The lowest BCUT2D eigenvalue weighted by Crippen LogP contribution is -2.14. The molecule has 112 valence electrons. The molecule has 1 heterocycles. The van der Waals surface area contributed by atoms with Crippen LogP contribution < -0.4 is 19.5 Å². The van der Waals surface area contributed by atoms with E-state index in [-0.39, 0.29) is 0 Å². The van der Waals surface area contributed by atoms with Crippen LogP contribution in [0.1, 0.15) is 17.8 Å². The zero-order chi connectivity index (χ0) is 14.7. The summed E-state index contributed by atoms with van der Waals surface area (Å²) in [6.45, 7) is 0.731. The molecule has 2 aromatic rings. The zero-order valence-corrected chi connectivity index (χ0v) is 12.8. The molecular formula is C14H17N3O3S. The van der Waals surface area contributed by atoms with Crippen LogP contribution in [0.3, 0.4) is 0 Å². The third-order valence-electron chi connectivity index (χ3n) is 3.14. The van der Waals surface area contributed by atoms with Crippen molar-refractivity contribution in [1.29, 1.82) is 0 Å². The lowest BCUT2D eigenvalue weighted by atomic mass is 10.3. The fourth-order valence-corrected chi connectivity index (χ4v) is 2.52. The summed E-state index contributed by atoms with van der Waals surface area (Å²) in [6, 6.07) is 6.12. The quantitative estimate of drug-likeness (QED) is 0.848. The molecule has 1 saturated carbocycles. The molecule has 0 spiro atoms. The van der Waals surface area contributed by atoms with Crippen molar-refractivity contribution in [2.24, 2.45) is 0 Å². The van der Waals surface area contributed by atoms with Crippen molar-refractivity contribution in [3.05, 3.63) is 23.2 Å². The third kappa shape index (κ3) is 3.43. The fraction of sp³-hybridized carbons (Fsp3) is 0.429. The van der Waals surface area contributed by atoms with Crippen molar-refractivity contribution < 1.29 is 14.2 Å². The van der Waals surface area contributed by atoms with Crippen LogP contribution in [-0.4, -0.2) is 30.5 Å². The average Bonchev–Trinajstić information content (AvgIpc) is 3.24. The minimum Gasteiger partial charge on any atom is -0.493 e. The van der Waals surface area contributed by atoms with E-state index in [4.69, 9.17) is 14.2 Å². The maximum Gasteiger partial charge on any atom is 0.299 e. The number of rotatable bonds is 7. The molecule has 21 heavy (non-hydrogen) atoms. The molecule has 1 aliphatic rings. The molecule has 7 heteroatoms. The number of hydrogen-bond donors (Lipinski definition) is 1. The molecule has 0 bridgehead atoms. The fourth-order valence-electron chi connectivity index (χ4n) is 1.88. The number of aromatic nitrogens is 2. The van der Waals surface area contributed by atoms with Gasteiger partial charge in [-0.2, -0.15) is 0 Å². The molecule has 0 aliphatic heterocycles. The summed E-state index contributed by atoms with van der Waals surface area (Å²) in [5.41, 5.74) is 0.